The highest BCUT2D eigenvalue weighted by atomic mass is 16.4. The van der Waals surface area contributed by atoms with E-state index in [0.717, 1.165) is 24.0 Å². The number of nitrogens with zero attached hydrogens (tertiary/aromatic N) is 5. The molecule has 3 aromatic rings. The number of benzene rings is 1. The van der Waals surface area contributed by atoms with E-state index in [9.17, 15) is 4.79 Å². The van der Waals surface area contributed by atoms with Crippen molar-refractivity contribution in [2.45, 2.75) is 13.3 Å². The number of carbonyl (C=O) groups excluding carboxylic acids is 1. The molecule has 128 valence electrons. The number of pyridine rings is 1. The molecule has 0 aliphatic carbocycles. The molecule has 4 rings (SSSR count). The first-order valence-corrected chi connectivity index (χ1v) is 8.36. The van der Waals surface area contributed by atoms with Crippen molar-refractivity contribution in [1.82, 2.24) is 20.1 Å². The van der Waals surface area contributed by atoms with Crippen molar-refractivity contribution in [2.24, 2.45) is 0 Å². The minimum absolute atomic E-state index is 0.0305. The second-order valence-corrected chi connectivity index (χ2v) is 6.11. The van der Waals surface area contributed by atoms with Gasteiger partial charge in [-0.05, 0) is 12.1 Å². The van der Waals surface area contributed by atoms with Crippen LogP contribution in [-0.4, -0.2) is 52.2 Å². The van der Waals surface area contributed by atoms with Crippen molar-refractivity contribution in [3.8, 4) is 0 Å². The summed E-state index contributed by atoms with van der Waals surface area (Å²) in [6.45, 7) is 4.68. The Hall–Kier alpha value is -2.96. The molecule has 1 aliphatic rings. The van der Waals surface area contributed by atoms with Crippen LogP contribution in [0.15, 0.2) is 40.9 Å². The smallest absolute Gasteiger partial charge is 0.232 e. The van der Waals surface area contributed by atoms with Crippen LogP contribution >= 0.6 is 0 Å². The molecule has 1 aromatic carbocycles. The van der Waals surface area contributed by atoms with E-state index in [4.69, 9.17) is 4.42 Å². The Bertz CT molecular complexity index is 894. The first-order chi connectivity index (χ1) is 12.2. The van der Waals surface area contributed by atoms with E-state index >= 15 is 0 Å². The monoisotopic (exact) mass is 337 g/mol. The van der Waals surface area contributed by atoms with Gasteiger partial charge in [0.25, 0.3) is 0 Å². The highest BCUT2D eigenvalue weighted by Crippen LogP contribution is 2.26. The maximum atomic E-state index is 12.4. The summed E-state index contributed by atoms with van der Waals surface area (Å²) in [5.74, 6) is 0.894. The van der Waals surface area contributed by atoms with Gasteiger partial charge in [-0.15, -0.1) is 10.2 Å². The van der Waals surface area contributed by atoms with Gasteiger partial charge in [0.2, 0.25) is 17.7 Å². The number of aryl methyl sites for hydroxylation is 1. The van der Waals surface area contributed by atoms with Gasteiger partial charge in [-0.1, -0.05) is 18.2 Å². The van der Waals surface area contributed by atoms with E-state index < -0.39 is 0 Å². The van der Waals surface area contributed by atoms with Crippen LogP contribution in [-0.2, 0) is 11.2 Å². The lowest BCUT2D eigenvalue weighted by molar-refractivity contribution is -0.131. The molecule has 2 aromatic heterocycles. The van der Waals surface area contributed by atoms with Crippen molar-refractivity contribution < 1.29 is 9.21 Å². The fraction of sp³-hybridized carbons (Fsp3) is 0.333. The Morgan fingerprint density at radius 1 is 1.12 bits per heavy atom. The Morgan fingerprint density at radius 3 is 2.68 bits per heavy atom. The minimum Gasteiger partial charge on any atom is -0.425 e. The van der Waals surface area contributed by atoms with Crippen molar-refractivity contribution >= 4 is 22.5 Å². The summed E-state index contributed by atoms with van der Waals surface area (Å²) in [7, 11) is 0. The molecule has 0 atom stereocenters. The number of para-hydroxylation sites is 1. The number of hydrogen-bond acceptors (Lipinski definition) is 6. The summed E-state index contributed by atoms with van der Waals surface area (Å²) >= 11 is 0. The third-order valence-corrected chi connectivity index (χ3v) is 4.47. The lowest BCUT2D eigenvalue weighted by atomic mass is 10.1. The average Bonchev–Trinajstić information content (AvgIpc) is 3.06. The molecule has 1 saturated heterocycles. The lowest BCUT2D eigenvalue weighted by Gasteiger charge is -2.36. The van der Waals surface area contributed by atoms with Crippen LogP contribution in [0, 0.1) is 6.92 Å². The average molecular weight is 337 g/mol. The summed E-state index contributed by atoms with van der Waals surface area (Å²) in [4.78, 5) is 21.0. The van der Waals surface area contributed by atoms with Crippen molar-refractivity contribution in [3.05, 3.63) is 48.3 Å². The summed E-state index contributed by atoms with van der Waals surface area (Å²) in [6.07, 6.45) is 2.01. The zero-order valence-electron chi connectivity index (χ0n) is 14.1. The van der Waals surface area contributed by atoms with E-state index in [1.165, 1.54) is 5.69 Å². The van der Waals surface area contributed by atoms with Crippen LogP contribution < -0.4 is 4.90 Å². The molecule has 0 radical (unpaired) electrons. The molecule has 25 heavy (non-hydrogen) atoms. The van der Waals surface area contributed by atoms with E-state index in [1.807, 2.05) is 35.4 Å². The van der Waals surface area contributed by atoms with Gasteiger partial charge in [-0.2, -0.15) is 0 Å². The molecule has 7 nitrogen and oxygen atoms in total. The minimum atomic E-state index is 0.0305. The van der Waals surface area contributed by atoms with Crippen LogP contribution in [0.5, 0.6) is 0 Å². The highest BCUT2D eigenvalue weighted by molar-refractivity contribution is 5.91. The van der Waals surface area contributed by atoms with Gasteiger partial charge in [-0.3, -0.25) is 9.78 Å². The molecule has 0 unspecified atom stereocenters. The van der Waals surface area contributed by atoms with Gasteiger partial charge in [0.15, 0.2) is 0 Å². The predicted octanol–water partition coefficient (Wildman–Crippen LogP) is 1.82. The molecular weight excluding hydrogens is 318 g/mol. The molecular formula is C18H19N5O2. The molecule has 0 N–H and O–H groups in total. The van der Waals surface area contributed by atoms with Gasteiger partial charge in [0, 0.05) is 50.4 Å². The lowest BCUT2D eigenvalue weighted by Crippen LogP contribution is -2.49. The largest absolute Gasteiger partial charge is 0.425 e. The summed E-state index contributed by atoms with van der Waals surface area (Å²) in [5, 5.41) is 8.80. The summed E-state index contributed by atoms with van der Waals surface area (Å²) < 4.78 is 5.30. The van der Waals surface area contributed by atoms with Crippen LogP contribution in [0.25, 0.3) is 10.9 Å². The first-order valence-electron chi connectivity index (χ1n) is 8.36. The number of piperazine rings is 1. The fourth-order valence-corrected chi connectivity index (χ4v) is 3.20. The maximum Gasteiger partial charge on any atom is 0.232 e. The molecule has 7 heteroatoms. The molecule has 1 amide bonds. The number of rotatable bonds is 3. The van der Waals surface area contributed by atoms with Crippen LogP contribution in [0.2, 0.25) is 0 Å². The normalized spacial score (nSPS) is 14.9. The van der Waals surface area contributed by atoms with Crippen LogP contribution in [0.1, 0.15) is 11.8 Å². The standard InChI is InChI=1S/C18H19N5O2/c1-13-20-21-17(25-13)12-18(24)23-10-8-22(9-11-23)16-6-7-19-15-5-3-2-4-14(15)16/h2-7H,8-12H2,1H3. The first kappa shape index (κ1) is 15.6. The van der Waals surface area contributed by atoms with Gasteiger partial charge >= 0.3 is 0 Å². The quantitative estimate of drug-likeness (QED) is 0.726. The Kier molecular flexibility index (Phi) is 4.05. The Morgan fingerprint density at radius 2 is 1.92 bits per heavy atom. The Balaban J connectivity index is 1.43. The van der Waals surface area contributed by atoms with Gasteiger partial charge in [0.05, 0.1) is 5.52 Å². The summed E-state index contributed by atoms with van der Waals surface area (Å²) in [5.41, 5.74) is 2.16. The number of amides is 1. The molecule has 0 spiro atoms. The molecule has 3 heterocycles. The van der Waals surface area contributed by atoms with E-state index in [0.29, 0.717) is 24.9 Å². The van der Waals surface area contributed by atoms with Gasteiger partial charge in [0.1, 0.15) is 6.42 Å². The third-order valence-electron chi connectivity index (χ3n) is 4.47. The highest BCUT2D eigenvalue weighted by Gasteiger charge is 2.23. The van der Waals surface area contributed by atoms with Crippen LogP contribution in [0.4, 0.5) is 5.69 Å². The molecule has 0 bridgehead atoms. The topological polar surface area (TPSA) is 75.4 Å². The van der Waals surface area contributed by atoms with Crippen molar-refractivity contribution in [1.29, 1.82) is 0 Å². The second kappa shape index (κ2) is 6.51. The molecule has 1 aliphatic heterocycles. The number of anilines is 1. The van der Waals surface area contributed by atoms with Crippen molar-refractivity contribution in [2.75, 3.05) is 31.1 Å². The van der Waals surface area contributed by atoms with Crippen molar-refractivity contribution in [3.63, 3.8) is 0 Å². The predicted molar refractivity (Wildman–Crippen MR) is 93.3 cm³/mol. The number of fused-ring (bicyclic) bond motifs is 1. The van der Waals surface area contributed by atoms with E-state index in [2.05, 4.69) is 26.1 Å². The fourth-order valence-electron chi connectivity index (χ4n) is 3.20. The van der Waals surface area contributed by atoms with Crippen LogP contribution in [0.3, 0.4) is 0 Å². The zero-order valence-corrected chi connectivity index (χ0v) is 14.1. The van der Waals surface area contributed by atoms with E-state index in [1.54, 1.807) is 6.92 Å². The second-order valence-electron chi connectivity index (χ2n) is 6.11. The summed E-state index contributed by atoms with van der Waals surface area (Å²) in [6, 6.07) is 10.2. The molecule has 1 fully saturated rings. The number of aromatic nitrogens is 3. The Labute approximate surface area is 145 Å². The van der Waals surface area contributed by atoms with Gasteiger partial charge < -0.3 is 14.2 Å². The maximum absolute atomic E-state index is 12.4. The third kappa shape index (κ3) is 3.17. The number of hydrogen-bond donors (Lipinski definition) is 0. The van der Waals surface area contributed by atoms with Gasteiger partial charge in [-0.25, -0.2) is 0 Å². The zero-order chi connectivity index (χ0) is 17.2. The number of carbonyl (C=O) groups is 1. The molecule has 0 saturated carbocycles. The van der Waals surface area contributed by atoms with E-state index in [-0.39, 0.29) is 12.3 Å². The SMILES string of the molecule is Cc1nnc(CC(=O)N2CCN(c3ccnc4ccccc34)CC2)o1.